The van der Waals surface area contributed by atoms with Gasteiger partial charge in [0.1, 0.15) is 0 Å². The molecule has 0 bridgehead atoms. The molecule has 1 amide bonds. The average Bonchev–Trinajstić information content (AvgIpc) is 2.37. The number of benzene rings is 1. The van der Waals surface area contributed by atoms with Crippen molar-refractivity contribution < 1.29 is 4.79 Å². The van der Waals surface area contributed by atoms with E-state index >= 15 is 0 Å². The van der Waals surface area contributed by atoms with Gasteiger partial charge in [-0.25, -0.2) is 0 Å². The normalized spacial score (nSPS) is 15.8. The number of fused-ring (bicyclic) bond motifs is 1. The Hall–Kier alpha value is -1.31. The lowest BCUT2D eigenvalue weighted by Gasteiger charge is -2.15. The molecule has 1 aromatic rings. The third-order valence-corrected chi connectivity index (χ3v) is 2.92. The number of nitrogens with one attached hydrogen (secondary N) is 1. The summed E-state index contributed by atoms with van der Waals surface area (Å²) in [6, 6.07) is 6.31. The van der Waals surface area contributed by atoms with Gasteiger partial charge in [-0.15, -0.1) is 0 Å². The molecule has 0 radical (unpaired) electrons. The van der Waals surface area contributed by atoms with Gasteiger partial charge in [0, 0.05) is 12.1 Å². The molecule has 15 heavy (non-hydrogen) atoms. The van der Waals surface area contributed by atoms with Crippen LogP contribution < -0.4 is 5.32 Å². The molecule has 1 N–H and O–H groups in total. The molecule has 0 atom stereocenters. The highest BCUT2D eigenvalue weighted by Crippen LogP contribution is 2.30. The molecule has 80 valence electrons. The van der Waals surface area contributed by atoms with Gasteiger partial charge in [0.05, 0.1) is 0 Å². The molecule has 0 unspecified atom stereocenters. The molecule has 1 aliphatic heterocycles. The SMILES string of the molecule is CC(C)c1cccc2c1NC(=O)CCC2. The first-order chi connectivity index (χ1) is 7.18. The lowest BCUT2D eigenvalue weighted by atomic mass is 9.96. The molecule has 0 aliphatic carbocycles. The fourth-order valence-electron chi connectivity index (χ4n) is 2.10. The molecular weight excluding hydrogens is 186 g/mol. The Bertz CT molecular complexity index is 382. The van der Waals surface area contributed by atoms with E-state index in [0.29, 0.717) is 12.3 Å². The molecule has 1 heterocycles. The van der Waals surface area contributed by atoms with Gasteiger partial charge in [-0.2, -0.15) is 0 Å². The third kappa shape index (κ3) is 2.04. The Kier molecular flexibility index (Phi) is 2.76. The molecule has 2 rings (SSSR count). The number of aryl methyl sites for hydroxylation is 1. The quantitative estimate of drug-likeness (QED) is 0.746. The van der Waals surface area contributed by atoms with Crippen molar-refractivity contribution in [3.8, 4) is 0 Å². The minimum absolute atomic E-state index is 0.154. The molecule has 0 aromatic heterocycles. The summed E-state index contributed by atoms with van der Waals surface area (Å²) in [5.74, 6) is 0.611. The molecule has 1 aliphatic rings. The second-order valence-electron chi connectivity index (χ2n) is 4.44. The lowest BCUT2D eigenvalue weighted by molar-refractivity contribution is -0.116. The zero-order chi connectivity index (χ0) is 10.8. The van der Waals surface area contributed by atoms with E-state index in [-0.39, 0.29) is 5.91 Å². The highest BCUT2D eigenvalue weighted by atomic mass is 16.1. The Labute approximate surface area is 90.7 Å². The summed E-state index contributed by atoms with van der Waals surface area (Å²) in [5.41, 5.74) is 3.60. The van der Waals surface area contributed by atoms with E-state index < -0.39 is 0 Å². The first-order valence-electron chi connectivity index (χ1n) is 5.60. The zero-order valence-electron chi connectivity index (χ0n) is 9.34. The van der Waals surface area contributed by atoms with Crippen molar-refractivity contribution in [2.24, 2.45) is 0 Å². The summed E-state index contributed by atoms with van der Waals surface area (Å²) in [6.07, 6.45) is 2.61. The Morgan fingerprint density at radius 3 is 2.80 bits per heavy atom. The zero-order valence-corrected chi connectivity index (χ0v) is 9.34. The second kappa shape index (κ2) is 4.05. The van der Waals surface area contributed by atoms with Gasteiger partial charge in [0.25, 0.3) is 0 Å². The maximum absolute atomic E-state index is 11.5. The predicted molar refractivity (Wildman–Crippen MR) is 62.1 cm³/mol. The van der Waals surface area contributed by atoms with Crippen molar-refractivity contribution in [1.29, 1.82) is 0 Å². The van der Waals surface area contributed by atoms with Crippen molar-refractivity contribution in [1.82, 2.24) is 0 Å². The monoisotopic (exact) mass is 203 g/mol. The van der Waals surface area contributed by atoms with Crippen LogP contribution in [0.5, 0.6) is 0 Å². The van der Waals surface area contributed by atoms with Crippen molar-refractivity contribution in [2.45, 2.75) is 39.0 Å². The number of rotatable bonds is 1. The molecule has 0 fully saturated rings. The van der Waals surface area contributed by atoms with Crippen LogP contribution in [0.1, 0.15) is 43.7 Å². The molecule has 0 saturated carbocycles. The van der Waals surface area contributed by atoms with Crippen LogP contribution in [0.3, 0.4) is 0 Å². The van der Waals surface area contributed by atoms with E-state index in [4.69, 9.17) is 0 Å². The fourth-order valence-corrected chi connectivity index (χ4v) is 2.10. The average molecular weight is 203 g/mol. The summed E-state index contributed by atoms with van der Waals surface area (Å²) in [4.78, 5) is 11.5. The summed E-state index contributed by atoms with van der Waals surface area (Å²) < 4.78 is 0. The molecule has 0 saturated heterocycles. The number of carbonyl (C=O) groups excluding carboxylic acids is 1. The van der Waals surface area contributed by atoms with Gasteiger partial charge in [-0.05, 0) is 29.9 Å². The Balaban J connectivity index is 2.47. The molecule has 2 heteroatoms. The molecule has 0 spiro atoms. The third-order valence-electron chi connectivity index (χ3n) is 2.92. The van der Waals surface area contributed by atoms with E-state index in [9.17, 15) is 4.79 Å². The number of anilines is 1. The van der Waals surface area contributed by atoms with Gasteiger partial charge >= 0.3 is 0 Å². The number of carbonyl (C=O) groups is 1. The number of amides is 1. The van der Waals surface area contributed by atoms with Gasteiger partial charge < -0.3 is 5.32 Å². The van der Waals surface area contributed by atoms with Crippen LogP contribution in [0.4, 0.5) is 5.69 Å². The van der Waals surface area contributed by atoms with Gasteiger partial charge in [-0.3, -0.25) is 4.79 Å². The lowest BCUT2D eigenvalue weighted by Crippen LogP contribution is -2.11. The van der Waals surface area contributed by atoms with Crippen LogP contribution in [-0.4, -0.2) is 5.91 Å². The first-order valence-corrected chi connectivity index (χ1v) is 5.60. The number of hydrogen-bond donors (Lipinski definition) is 1. The largest absolute Gasteiger partial charge is 0.326 e. The van der Waals surface area contributed by atoms with Crippen LogP contribution >= 0.6 is 0 Å². The minimum atomic E-state index is 0.154. The molecular formula is C13H17NO. The van der Waals surface area contributed by atoms with E-state index in [2.05, 4.69) is 37.4 Å². The molecule has 2 nitrogen and oxygen atoms in total. The predicted octanol–water partition coefficient (Wildman–Crippen LogP) is 3.08. The van der Waals surface area contributed by atoms with E-state index in [1.165, 1.54) is 11.1 Å². The first kappa shape index (κ1) is 10.2. The maximum atomic E-state index is 11.5. The van der Waals surface area contributed by atoms with Gasteiger partial charge in [-0.1, -0.05) is 32.0 Å². The van der Waals surface area contributed by atoms with Crippen molar-refractivity contribution >= 4 is 11.6 Å². The van der Waals surface area contributed by atoms with Gasteiger partial charge in [0.15, 0.2) is 0 Å². The Morgan fingerprint density at radius 1 is 1.27 bits per heavy atom. The highest BCUT2D eigenvalue weighted by Gasteiger charge is 2.16. The number of hydrogen-bond acceptors (Lipinski definition) is 1. The smallest absolute Gasteiger partial charge is 0.224 e. The van der Waals surface area contributed by atoms with Crippen LogP contribution in [0.25, 0.3) is 0 Å². The standard InChI is InChI=1S/C13H17NO/c1-9(2)11-7-3-5-10-6-4-8-12(15)14-13(10)11/h3,5,7,9H,4,6,8H2,1-2H3,(H,14,15). The van der Waals surface area contributed by atoms with Crippen molar-refractivity contribution in [3.63, 3.8) is 0 Å². The second-order valence-corrected chi connectivity index (χ2v) is 4.44. The van der Waals surface area contributed by atoms with E-state index in [1.807, 2.05) is 0 Å². The summed E-state index contributed by atoms with van der Waals surface area (Å²) in [5, 5.41) is 3.03. The summed E-state index contributed by atoms with van der Waals surface area (Å²) >= 11 is 0. The topological polar surface area (TPSA) is 29.1 Å². The van der Waals surface area contributed by atoms with Crippen molar-refractivity contribution in [3.05, 3.63) is 29.3 Å². The molecule has 1 aromatic carbocycles. The summed E-state index contributed by atoms with van der Waals surface area (Å²) in [7, 11) is 0. The highest BCUT2D eigenvalue weighted by molar-refractivity contribution is 5.93. The minimum Gasteiger partial charge on any atom is -0.326 e. The van der Waals surface area contributed by atoms with Crippen LogP contribution in [-0.2, 0) is 11.2 Å². The van der Waals surface area contributed by atoms with Gasteiger partial charge in [0.2, 0.25) is 5.91 Å². The Morgan fingerprint density at radius 2 is 2.07 bits per heavy atom. The fraction of sp³-hybridized carbons (Fsp3) is 0.462. The van der Waals surface area contributed by atoms with Crippen LogP contribution in [0.15, 0.2) is 18.2 Å². The van der Waals surface area contributed by atoms with E-state index in [0.717, 1.165) is 18.5 Å². The maximum Gasteiger partial charge on any atom is 0.224 e. The van der Waals surface area contributed by atoms with Crippen LogP contribution in [0.2, 0.25) is 0 Å². The van der Waals surface area contributed by atoms with E-state index in [1.54, 1.807) is 0 Å². The summed E-state index contributed by atoms with van der Waals surface area (Å²) in [6.45, 7) is 4.32. The van der Waals surface area contributed by atoms with Crippen molar-refractivity contribution in [2.75, 3.05) is 5.32 Å². The van der Waals surface area contributed by atoms with Crippen LogP contribution in [0, 0.1) is 0 Å². The number of para-hydroxylation sites is 1.